The minimum Gasteiger partial charge on any atom is -0.334 e. The molecule has 3 aromatic rings. The van der Waals surface area contributed by atoms with Gasteiger partial charge in [0.25, 0.3) is 5.69 Å². The van der Waals surface area contributed by atoms with Crippen molar-refractivity contribution in [1.29, 1.82) is 0 Å². The van der Waals surface area contributed by atoms with Gasteiger partial charge in [-0.3, -0.25) is 10.1 Å². The number of amides is 2. The molecule has 9 heteroatoms. The molecule has 0 radical (unpaired) electrons. The number of carbonyl (C=O) groups is 1. The van der Waals surface area contributed by atoms with Crippen LogP contribution in [0.3, 0.4) is 0 Å². The Morgan fingerprint density at radius 2 is 1.92 bits per heavy atom. The van der Waals surface area contributed by atoms with E-state index in [0.717, 1.165) is 11.1 Å². The Labute approximate surface area is 148 Å². The summed E-state index contributed by atoms with van der Waals surface area (Å²) in [7, 11) is 0. The van der Waals surface area contributed by atoms with Crippen molar-refractivity contribution in [3.8, 4) is 0 Å². The lowest BCUT2D eigenvalue weighted by atomic mass is 10.1. The van der Waals surface area contributed by atoms with E-state index < -0.39 is 11.0 Å². The van der Waals surface area contributed by atoms with Crippen LogP contribution in [0.2, 0.25) is 0 Å². The lowest BCUT2D eigenvalue weighted by molar-refractivity contribution is -0.384. The molecule has 2 N–H and O–H groups in total. The number of nitro groups is 1. The van der Waals surface area contributed by atoms with Crippen LogP contribution in [0.15, 0.2) is 61.2 Å². The standard InChI is InChI=1S/C17H16N6O3/c24-17(21-15-2-1-3-16(8-15)23(25)26)19-9-13-4-6-14(7-5-13)10-22-12-18-11-20-22/h1-8,11-12H,9-10H2,(H2,19,21,24). The Hall–Kier alpha value is -3.75. The molecule has 2 amide bonds. The van der Waals surface area contributed by atoms with Gasteiger partial charge in [-0.05, 0) is 17.2 Å². The zero-order valence-electron chi connectivity index (χ0n) is 13.7. The Bertz CT molecular complexity index is 893. The zero-order valence-corrected chi connectivity index (χ0v) is 13.7. The second-order valence-electron chi connectivity index (χ2n) is 5.52. The van der Waals surface area contributed by atoms with E-state index in [4.69, 9.17) is 0 Å². The van der Waals surface area contributed by atoms with E-state index in [1.165, 1.54) is 24.5 Å². The molecule has 1 aromatic heterocycles. The highest BCUT2D eigenvalue weighted by atomic mass is 16.6. The summed E-state index contributed by atoms with van der Waals surface area (Å²) in [4.78, 5) is 26.1. The van der Waals surface area contributed by atoms with E-state index in [-0.39, 0.29) is 5.69 Å². The molecule has 0 aliphatic heterocycles. The molecule has 3 rings (SSSR count). The predicted molar refractivity (Wildman–Crippen MR) is 94.5 cm³/mol. The highest BCUT2D eigenvalue weighted by molar-refractivity contribution is 5.89. The van der Waals surface area contributed by atoms with Crippen molar-refractivity contribution in [2.24, 2.45) is 0 Å². The molecule has 0 fully saturated rings. The highest BCUT2D eigenvalue weighted by Gasteiger charge is 2.08. The molecule has 0 aliphatic rings. The summed E-state index contributed by atoms with van der Waals surface area (Å²) in [5.41, 5.74) is 2.28. The lowest BCUT2D eigenvalue weighted by Crippen LogP contribution is -2.28. The third-order valence-electron chi connectivity index (χ3n) is 3.60. The summed E-state index contributed by atoms with van der Waals surface area (Å²) in [6.45, 7) is 0.964. The minimum atomic E-state index is -0.510. The highest BCUT2D eigenvalue weighted by Crippen LogP contribution is 2.16. The van der Waals surface area contributed by atoms with Crippen molar-refractivity contribution in [2.45, 2.75) is 13.1 Å². The van der Waals surface area contributed by atoms with Crippen LogP contribution < -0.4 is 10.6 Å². The number of rotatable bonds is 6. The summed E-state index contributed by atoms with van der Waals surface area (Å²) in [5.74, 6) is 0. The molecule has 2 aromatic carbocycles. The fourth-order valence-electron chi connectivity index (χ4n) is 2.32. The second-order valence-corrected chi connectivity index (χ2v) is 5.52. The molecule has 9 nitrogen and oxygen atoms in total. The third kappa shape index (κ3) is 4.63. The van der Waals surface area contributed by atoms with Gasteiger partial charge in [0.2, 0.25) is 0 Å². The summed E-state index contributed by atoms with van der Waals surface area (Å²) in [5, 5.41) is 20.1. The van der Waals surface area contributed by atoms with Crippen LogP contribution in [0, 0.1) is 10.1 Å². The van der Waals surface area contributed by atoms with Gasteiger partial charge in [-0.25, -0.2) is 14.5 Å². The first-order valence-electron chi connectivity index (χ1n) is 7.80. The topological polar surface area (TPSA) is 115 Å². The number of hydrogen-bond donors (Lipinski definition) is 2. The minimum absolute atomic E-state index is 0.0780. The average molecular weight is 352 g/mol. The molecule has 1 heterocycles. The van der Waals surface area contributed by atoms with Crippen molar-refractivity contribution >= 4 is 17.4 Å². The summed E-state index contributed by atoms with van der Waals surface area (Å²) in [6, 6.07) is 13.1. The van der Waals surface area contributed by atoms with E-state index in [1.807, 2.05) is 24.3 Å². The van der Waals surface area contributed by atoms with Gasteiger partial charge in [0, 0.05) is 24.4 Å². The van der Waals surface area contributed by atoms with Gasteiger partial charge in [0.05, 0.1) is 11.5 Å². The van der Waals surface area contributed by atoms with Crippen molar-refractivity contribution in [3.05, 3.63) is 82.4 Å². The van der Waals surface area contributed by atoms with Gasteiger partial charge in [0.15, 0.2) is 0 Å². The van der Waals surface area contributed by atoms with E-state index in [2.05, 4.69) is 20.7 Å². The number of nitro benzene ring substituents is 1. The molecule has 0 saturated carbocycles. The normalized spacial score (nSPS) is 10.3. The van der Waals surface area contributed by atoms with Crippen LogP contribution in [0.4, 0.5) is 16.2 Å². The summed E-state index contributed by atoms with van der Waals surface area (Å²) < 4.78 is 1.72. The molecule has 26 heavy (non-hydrogen) atoms. The van der Waals surface area contributed by atoms with E-state index >= 15 is 0 Å². The Morgan fingerprint density at radius 3 is 2.62 bits per heavy atom. The zero-order chi connectivity index (χ0) is 18.4. The first-order chi connectivity index (χ1) is 12.6. The number of anilines is 1. The van der Waals surface area contributed by atoms with Crippen LogP contribution >= 0.6 is 0 Å². The van der Waals surface area contributed by atoms with Crippen molar-refractivity contribution in [2.75, 3.05) is 5.32 Å². The fraction of sp³-hybridized carbons (Fsp3) is 0.118. The SMILES string of the molecule is O=C(NCc1ccc(Cn2cncn2)cc1)Nc1cccc([N+](=O)[O-])c1. The molecule has 0 bridgehead atoms. The van der Waals surface area contributed by atoms with Gasteiger partial charge in [-0.2, -0.15) is 5.10 Å². The summed E-state index contributed by atoms with van der Waals surface area (Å²) in [6.07, 6.45) is 3.13. The third-order valence-corrected chi connectivity index (χ3v) is 3.60. The molecule has 132 valence electrons. The van der Waals surface area contributed by atoms with Crippen molar-refractivity contribution < 1.29 is 9.72 Å². The van der Waals surface area contributed by atoms with Gasteiger partial charge < -0.3 is 10.6 Å². The number of aromatic nitrogens is 3. The number of non-ortho nitro benzene ring substituents is 1. The Morgan fingerprint density at radius 1 is 1.15 bits per heavy atom. The maximum Gasteiger partial charge on any atom is 0.319 e. The quantitative estimate of drug-likeness (QED) is 0.522. The lowest BCUT2D eigenvalue weighted by Gasteiger charge is -2.08. The molecule has 0 aliphatic carbocycles. The number of nitrogens with one attached hydrogen (secondary N) is 2. The van der Waals surface area contributed by atoms with Crippen LogP contribution in [-0.2, 0) is 13.1 Å². The second kappa shape index (κ2) is 7.88. The predicted octanol–water partition coefficient (Wildman–Crippen LogP) is 2.56. The molecular formula is C17H16N6O3. The van der Waals surface area contributed by atoms with Crippen LogP contribution in [0.25, 0.3) is 0 Å². The summed E-state index contributed by atoms with van der Waals surface area (Å²) >= 11 is 0. The molecule has 0 spiro atoms. The van der Waals surface area contributed by atoms with Gasteiger partial charge in [0.1, 0.15) is 12.7 Å². The molecule has 0 saturated heterocycles. The number of benzene rings is 2. The number of nitrogens with zero attached hydrogens (tertiary/aromatic N) is 4. The van der Waals surface area contributed by atoms with Crippen LogP contribution in [-0.4, -0.2) is 25.7 Å². The fourth-order valence-corrected chi connectivity index (χ4v) is 2.32. The van der Waals surface area contributed by atoms with Gasteiger partial charge in [-0.1, -0.05) is 30.3 Å². The van der Waals surface area contributed by atoms with Gasteiger partial charge in [-0.15, -0.1) is 0 Å². The first-order valence-corrected chi connectivity index (χ1v) is 7.80. The molecule has 0 atom stereocenters. The maximum atomic E-state index is 11.9. The van der Waals surface area contributed by atoms with Crippen LogP contribution in [0.1, 0.15) is 11.1 Å². The van der Waals surface area contributed by atoms with Crippen LogP contribution in [0.5, 0.6) is 0 Å². The Kier molecular flexibility index (Phi) is 5.18. The molecular weight excluding hydrogens is 336 g/mol. The average Bonchev–Trinajstić information content (AvgIpc) is 3.14. The van der Waals surface area contributed by atoms with E-state index in [9.17, 15) is 14.9 Å². The Balaban J connectivity index is 1.51. The number of hydrogen-bond acceptors (Lipinski definition) is 5. The maximum absolute atomic E-state index is 11.9. The monoisotopic (exact) mass is 352 g/mol. The van der Waals surface area contributed by atoms with Crippen molar-refractivity contribution in [1.82, 2.24) is 20.1 Å². The van der Waals surface area contributed by atoms with E-state index in [0.29, 0.717) is 18.8 Å². The first kappa shape index (κ1) is 17.1. The number of carbonyl (C=O) groups excluding carboxylic acids is 1. The van der Waals surface area contributed by atoms with E-state index in [1.54, 1.807) is 17.1 Å². The van der Waals surface area contributed by atoms with Gasteiger partial charge >= 0.3 is 6.03 Å². The molecule has 0 unspecified atom stereocenters. The van der Waals surface area contributed by atoms with Crippen molar-refractivity contribution in [3.63, 3.8) is 0 Å². The number of urea groups is 1. The largest absolute Gasteiger partial charge is 0.334 e. The smallest absolute Gasteiger partial charge is 0.319 e.